The molecule has 156 valence electrons. The Morgan fingerprint density at radius 2 is 1.42 bits per heavy atom. The van der Waals surface area contributed by atoms with E-state index in [1.807, 2.05) is 36.4 Å². The SMILES string of the molecule is COc1ccc([C@H]2N[C@@H](c3ccc(OC)cc3)Oc3ccc4cc(Br)ccc4c32)cc1. The van der Waals surface area contributed by atoms with Crippen LogP contribution in [0.5, 0.6) is 17.2 Å². The molecule has 4 aromatic carbocycles. The first-order chi connectivity index (χ1) is 15.2. The van der Waals surface area contributed by atoms with Gasteiger partial charge in [0.15, 0.2) is 6.23 Å². The highest BCUT2D eigenvalue weighted by molar-refractivity contribution is 9.10. The number of rotatable bonds is 4. The molecule has 0 radical (unpaired) electrons. The largest absolute Gasteiger partial charge is 0.497 e. The zero-order chi connectivity index (χ0) is 21.4. The highest BCUT2D eigenvalue weighted by Gasteiger charge is 2.31. The Morgan fingerprint density at radius 1 is 0.774 bits per heavy atom. The average molecular weight is 476 g/mol. The second kappa shape index (κ2) is 8.25. The summed E-state index contributed by atoms with van der Waals surface area (Å²) in [5.74, 6) is 2.54. The number of benzene rings is 4. The van der Waals surface area contributed by atoms with Crippen molar-refractivity contribution in [3.05, 3.63) is 100 Å². The van der Waals surface area contributed by atoms with Gasteiger partial charge in [0.1, 0.15) is 17.2 Å². The summed E-state index contributed by atoms with van der Waals surface area (Å²) in [5.41, 5.74) is 3.33. The van der Waals surface area contributed by atoms with Crippen LogP contribution in [-0.2, 0) is 0 Å². The van der Waals surface area contributed by atoms with Crippen molar-refractivity contribution in [1.82, 2.24) is 5.32 Å². The Morgan fingerprint density at radius 3 is 2.06 bits per heavy atom. The van der Waals surface area contributed by atoms with Crippen molar-refractivity contribution in [2.24, 2.45) is 0 Å². The van der Waals surface area contributed by atoms with Crippen molar-refractivity contribution >= 4 is 26.7 Å². The summed E-state index contributed by atoms with van der Waals surface area (Å²) in [6, 6.07) is 26.7. The molecule has 4 nitrogen and oxygen atoms in total. The van der Waals surface area contributed by atoms with Gasteiger partial charge < -0.3 is 14.2 Å². The molecule has 0 unspecified atom stereocenters. The molecule has 0 aliphatic carbocycles. The molecule has 31 heavy (non-hydrogen) atoms. The molecule has 1 aliphatic heterocycles. The monoisotopic (exact) mass is 475 g/mol. The van der Waals surface area contributed by atoms with Gasteiger partial charge in [-0.2, -0.15) is 0 Å². The van der Waals surface area contributed by atoms with Crippen LogP contribution in [0.1, 0.15) is 29.0 Å². The minimum absolute atomic E-state index is 0.0355. The van der Waals surface area contributed by atoms with E-state index in [0.717, 1.165) is 38.4 Å². The minimum Gasteiger partial charge on any atom is -0.497 e. The Balaban J connectivity index is 1.64. The fraction of sp³-hybridized carbons (Fsp3) is 0.154. The molecule has 0 bridgehead atoms. The van der Waals surface area contributed by atoms with E-state index in [9.17, 15) is 0 Å². The van der Waals surface area contributed by atoms with Gasteiger partial charge in [0.25, 0.3) is 0 Å². The molecular formula is C26H22BrNO3. The third-order valence-electron chi connectivity index (χ3n) is 5.70. The lowest BCUT2D eigenvalue weighted by molar-refractivity contribution is 0.133. The van der Waals surface area contributed by atoms with E-state index in [2.05, 4.69) is 63.7 Å². The van der Waals surface area contributed by atoms with Crippen LogP contribution in [0.2, 0.25) is 0 Å². The third kappa shape index (κ3) is 3.75. The minimum atomic E-state index is -0.279. The molecule has 0 amide bonds. The van der Waals surface area contributed by atoms with Crippen LogP contribution < -0.4 is 19.5 Å². The standard InChI is InChI=1S/C26H22BrNO3/c1-29-20-9-3-16(4-10-20)25-24-22-13-8-19(27)15-18(22)7-14-23(24)31-26(28-25)17-5-11-21(30-2)12-6-17/h3-15,25-26,28H,1-2H3/t25-,26-/m1/s1. The first-order valence-corrected chi connectivity index (χ1v) is 10.9. The van der Waals surface area contributed by atoms with Crippen molar-refractivity contribution < 1.29 is 14.2 Å². The van der Waals surface area contributed by atoms with Gasteiger partial charge in [-0.15, -0.1) is 0 Å². The number of hydrogen-bond donors (Lipinski definition) is 1. The Bertz CT molecular complexity index is 1220. The normalized spacial score (nSPS) is 17.6. The van der Waals surface area contributed by atoms with Crippen LogP contribution in [0.3, 0.4) is 0 Å². The van der Waals surface area contributed by atoms with Gasteiger partial charge in [-0.3, -0.25) is 5.32 Å². The molecule has 1 heterocycles. The molecule has 2 atom stereocenters. The summed E-state index contributed by atoms with van der Waals surface area (Å²) < 4.78 is 18.2. The highest BCUT2D eigenvalue weighted by atomic mass is 79.9. The molecule has 4 aromatic rings. The molecular weight excluding hydrogens is 454 g/mol. The molecule has 0 saturated carbocycles. The zero-order valence-corrected chi connectivity index (χ0v) is 18.8. The quantitative estimate of drug-likeness (QED) is 0.371. The van der Waals surface area contributed by atoms with Crippen LogP contribution in [0.25, 0.3) is 10.8 Å². The third-order valence-corrected chi connectivity index (χ3v) is 6.20. The van der Waals surface area contributed by atoms with E-state index in [0.29, 0.717) is 0 Å². The first kappa shape index (κ1) is 19.9. The molecule has 1 aliphatic rings. The van der Waals surface area contributed by atoms with Crippen molar-refractivity contribution in [1.29, 1.82) is 0 Å². The van der Waals surface area contributed by atoms with E-state index in [4.69, 9.17) is 14.2 Å². The van der Waals surface area contributed by atoms with Gasteiger partial charge in [0, 0.05) is 15.6 Å². The molecule has 5 rings (SSSR count). The maximum absolute atomic E-state index is 6.44. The van der Waals surface area contributed by atoms with E-state index in [1.54, 1.807) is 14.2 Å². The number of halogens is 1. The second-order valence-electron chi connectivity index (χ2n) is 7.49. The Hall–Kier alpha value is -3.02. The van der Waals surface area contributed by atoms with Crippen LogP contribution in [-0.4, -0.2) is 14.2 Å². The lowest BCUT2D eigenvalue weighted by Crippen LogP contribution is -2.35. The summed E-state index contributed by atoms with van der Waals surface area (Å²) >= 11 is 3.59. The van der Waals surface area contributed by atoms with Crippen LogP contribution in [0.4, 0.5) is 0 Å². The van der Waals surface area contributed by atoms with E-state index < -0.39 is 0 Å². The maximum Gasteiger partial charge on any atom is 0.177 e. The van der Waals surface area contributed by atoms with Crippen molar-refractivity contribution in [3.8, 4) is 17.2 Å². The van der Waals surface area contributed by atoms with E-state index in [-0.39, 0.29) is 12.3 Å². The van der Waals surface area contributed by atoms with Gasteiger partial charge >= 0.3 is 0 Å². The molecule has 0 fully saturated rings. The lowest BCUT2D eigenvalue weighted by Gasteiger charge is -2.35. The molecule has 0 saturated heterocycles. The fourth-order valence-corrected chi connectivity index (χ4v) is 4.48. The topological polar surface area (TPSA) is 39.7 Å². The summed E-state index contributed by atoms with van der Waals surface area (Å²) in [6.07, 6.45) is -0.279. The van der Waals surface area contributed by atoms with Crippen LogP contribution in [0, 0.1) is 0 Å². The van der Waals surface area contributed by atoms with Crippen LogP contribution >= 0.6 is 15.9 Å². The summed E-state index contributed by atoms with van der Waals surface area (Å²) in [4.78, 5) is 0. The second-order valence-corrected chi connectivity index (χ2v) is 8.40. The number of hydrogen-bond acceptors (Lipinski definition) is 4. The van der Waals surface area contributed by atoms with E-state index >= 15 is 0 Å². The first-order valence-electron chi connectivity index (χ1n) is 10.1. The fourth-order valence-electron chi connectivity index (χ4n) is 4.10. The smallest absolute Gasteiger partial charge is 0.177 e. The Labute approximate surface area is 189 Å². The highest BCUT2D eigenvalue weighted by Crippen LogP contribution is 2.43. The number of methoxy groups -OCH3 is 2. The lowest BCUT2D eigenvalue weighted by atomic mass is 9.91. The maximum atomic E-state index is 6.44. The summed E-state index contributed by atoms with van der Waals surface area (Å²) in [5, 5.41) is 6.04. The molecule has 5 heteroatoms. The number of fused-ring (bicyclic) bond motifs is 3. The van der Waals surface area contributed by atoms with Gasteiger partial charge in [-0.05, 0) is 58.8 Å². The zero-order valence-electron chi connectivity index (χ0n) is 17.3. The molecule has 1 N–H and O–H groups in total. The van der Waals surface area contributed by atoms with Crippen LogP contribution in [0.15, 0.2) is 83.3 Å². The molecule has 0 spiro atoms. The van der Waals surface area contributed by atoms with E-state index in [1.165, 1.54) is 10.8 Å². The van der Waals surface area contributed by atoms with Gasteiger partial charge in [0.2, 0.25) is 0 Å². The average Bonchev–Trinajstić information content (AvgIpc) is 2.83. The predicted molar refractivity (Wildman–Crippen MR) is 126 cm³/mol. The predicted octanol–water partition coefficient (Wildman–Crippen LogP) is 6.39. The summed E-state index contributed by atoms with van der Waals surface area (Å²) in [7, 11) is 3.35. The number of ether oxygens (including phenoxy) is 3. The summed E-state index contributed by atoms with van der Waals surface area (Å²) in [6.45, 7) is 0. The van der Waals surface area contributed by atoms with Gasteiger partial charge in [-0.25, -0.2) is 0 Å². The van der Waals surface area contributed by atoms with Crippen molar-refractivity contribution in [3.63, 3.8) is 0 Å². The van der Waals surface area contributed by atoms with Gasteiger partial charge in [-0.1, -0.05) is 52.3 Å². The van der Waals surface area contributed by atoms with Gasteiger partial charge in [0.05, 0.1) is 20.3 Å². The molecule has 0 aromatic heterocycles. The van der Waals surface area contributed by atoms with Crippen molar-refractivity contribution in [2.75, 3.05) is 14.2 Å². The van der Waals surface area contributed by atoms with Crippen molar-refractivity contribution in [2.45, 2.75) is 12.3 Å². The Kier molecular flexibility index (Phi) is 5.30. The number of nitrogens with one attached hydrogen (secondary N) is 1.